The van der Waals surface area contributed by atoms with Gasteiger partial charge in [0.15, 0.2) is 0 Å². The average molecular weight is 383 g/mol. The van der Waals surface area contributed by atoms with Crippen molar-refractivity contribution in [3.63, 3.8) is 0 Å². The van der Waals surface area contributed by atoms with Crippen LogP contribution in [0.15, 0.2) is 41.8 Å². The van der Waals surface area contributed by atoms with Crippen molar-refractivity contribution in [1.29, 1.82) is 0 Å². The molecule has 0 saturated carbocycles. The first kappa shape index (κ1) is 18.7. The second-order valence-corrected chi connectivity index (χ2v) is 8.19. The van der Waals surface area contributed by atoms with Gasteiger partial charge in [-0.1, -0.05) is 36.1 Å². The van der Waals surface area contributed by atoms with Crippen molar-refractivity contribution in [3.05, 3.63) is 69.9 Å². The number of carbonyl (C=O) groups excluding carboxylic acids is 1. The topological polar surface area (TPSA) is 25.2 Å². The first-order valence-corrected chi connectivity index (χ1v) is 9.68. The van der Waals surface area contributed by atoms with E-state index in [9.17, 15) is 4.79 Å². The first-order valence-electron chi connectivity index (χ1n) is 8.46. The van der Waals surface area contributed by atoms with Crippen LogP contribution in [0.3, 0.4) is 0 Å². The molecule has 0 aliphatic carbocycles. The van der Waals surface area contributed by atoms with E-state index in [1.165, 1.54) is 22.9 Å². The predicted molar refractivity (Wildman–Crippen MR) is 115 cm³/mol. The van der Waals surface area contributed by atoms with Gasteiger partial charge in [0.1, 0.15) is 4.32 Å². The van der Waals surface area contributed by atoms with Crippen LogP contribution in [0.4, 0.5) is 0 Å². The number of thioether (sulfide) groups is 1. The van der Waals surface area contributed by atoms with Crippen LogP contribution in [-0.4, -0.2) is 26.2 Å². The van der Waals surface area contributed by atoms with Crippen LogP contribution in [0, 0.1) is 27.7 Å². The summed E-state index contributed by atoms with van der Waals surface area (Å²) >= 11 is 6.67. The van der Waals surface area contributed by atoms with Gasteiger partial charge in [0.2, 0.25) is 0 Å². The van der Waals surface area contributed by atoms with Crippen molar-refractivity contribution in [2.75, 3.05) is 6.54 Å². The summed E-state index contributed by atoms with van der Waals surface area (Å²) in [4.78, 5) is 14.8. The number of aromatic nitrogens is 1. The lowest BCUT2D eigenvalue weighted by Gasteiger charge is -2.12. The smallest absolute Gasteiger partial charge is 0.266 e. The molecular formula is C21H22N2OS2. The summed E-state index contributed by atoms with van der Waals surface area (Å²) < 4.78 is 2.81. The second kappa shape index (κ2) is 7.25. The minimum absolute atomic E-state index is 0.0455. The highest BCUT2D eigenvalue weighted by atomic mass is 32.2. The summed E-state index contributed by atoms with van der Waals surface area (Å²) in [6.45, 7) is 12.5. The lowest BCUT2D eigenvalue weighted by atomic mass is 10.1. The number of thiocarbonyl (C=S) groups is 1. The number of hydrogen-bond donors (Lipinski definition) is 0. The fraction of sp³-hybridized carbons (Fsp3) is 0.238. The van der Waals surface area contributed by atoms with Crippen molar-refractivity contribution < 1.29 is 4.79 Å². The molecule has 5 heteroatoms. The average Bonchev–Trinajstić information content (AvgIpc) is 3.01. The standard InChI is InChI=1S/C21H22N2OS2/c1-6-9-22-20(24)19(26-21(22)25)12-17-11-15(4)23(16(17)5)18-8-7-13(2)14(3)10-18/h6-8,10-12H,1,9H2,2-5H3. The number of amides is 1. The summed E-state index contributed by atoms with van der Waals surface area (Å²) in [7, 11) is 0. The molecule has 1 fully saturated rings. The number of benzene rings is 1. The Morgan fingerprint density at radius 1 is 1.15 bits per heavy atom. The maximum absolute atomic E-state index is 12.6. The maximum Gasteiger partial charge on any atom is 0.266 e. The third-order valence-electron chi connectivity index (χ3n) is 4.69. The second-order valence-electron chi connectivity index (χ2n) is 6.51. The fourth-order valence-corrected chi connectivity index (χ4v) is 4.39. The van der Waals surface area contributed by atoms with Gasteiger partial charge in [-0.15, -0.1) is 6.58 Å². The monoisotopic (exact) mass is 382 g/mol. The number of hydrogen-bond acceptors (Lipinski definition) is 3. The van der Waals surface area contributed by atoms with Crippen LogP contribution in [0.25, 0.3) is 11.8 Å². The molecule has 2 heterocycles. The van der Waals surface area contributed by atoms with Gasteiger partial charge in [-0.3, -0.25) is 9.69 Å². The van der Waals surface area contributed by atoms with Crippen molar-refractivity contribution in [2.45, 2.75) is 27.7 Å². The number of nitrogens with zero attached hydrogens (tertiary/aromatic N) is 2. The molecular weight excluding hydrogens is 360 g/mol. The SMILES string of the molecule is C=CCN1C(=O)C(=Cc2cc(C)n(-c3ccc(C)c(C)c3)c2C)SC1=S. The number of aryl methyl sites for hydroxylation is 3. The van der Waals surface area contributed by atoms with Gasteiger partial charge in [0.25, 0.3) is 5.91 Å². The van der Waals surface area contributed by atoms with Gasteiger partial charge >= 0.3 is 0 Å². The molecule has 1 aromatic heterocycles. The third kappa shape index (κ3) is 3.29. The van der Waals surface area contributed by atoms with E-state index in [4.69, 9.17) is 12.2 Å². The van der Waals surface area contributed by atoms with Crippen LogP contribution in [-0.2, 0) is 4.79 Å². The van der Waals surface area contributed by atoms with Gasteiger partial charge in [-0.25, -0.2) is 0 Å². The molecule has 1 aromatic carbocycles. The van der Waals surface area contributed by atoms with Crippen molar-refractivity contribution in [1.82, 2.24) is 9.47 Å². The van der Waals surface area contributed by atoms with Gasteiger partial charge in [0, 0.05) is 23.6 Å². The maximum atomic E-state index is 12.6. The Kier molecular flexibility index (Phi) is 5.21. The van der Waals surface area contributed by atoms with Gasteiger partial charge in [-0.2, -0.15) is 0 Å². The van der Waals surface area contributed by atoms with Crippen molar-refractivity contribution >= 4 is 40.3 Å². The molecule has 1 saturated heterocycles. The Hall–Kier alpha value is -2.11. The molecule has 0 bridgehead atoms. The van der Waals surface area contributed by atoms with Crippen LogP contribution in [0.1, 0.15) is 28.1 Å². The molecule has 3 rings (SSSR count). The zero-order valence-electron chi connectivity index (χ0n) is 15.5. The molecule has 0 radical (unpaired) electrons. The van der Waals surface area contributed by atoms with Gasteiger partial charge in [0.05, 0.1) is 4.91 Å². The molecule has 0 spiro atoms. The highest BCUT2D eigenvalue weighted by Gasteiger charge is 2.31. The molecule has 1 aliphatic rings. The molecule has 26 heavy (non-hydrogen) atoms. The van der Waals surface area contributed by atoms with E-state index in [1.807, 2.05) is 6.08 Å². The molecule has 2 aromatic rings. The van der Waals surface area contributed by atoms with Crippen LogP contribution in [0.5, 0.6) is 0 Å². The van der Waals surface area contributed by atoms with E-state index in [2.05, 4.69) is 63.1 Å². The van der Waals surface area contributed by atoms with Crippen LogP contribution >= 0.6 is 24.0 Å². The van der Waals surface area contributed by atoms with E-state index < -0.39 is 0 Å². The minimum Gasteiger partial charge on any atom is -0.318 e. The highest BCUT2D eigenvalue weighted by Crippen LogP contribution is 2.34. The van der Waals surface area contributed by atoms with E-state index in [0.717, 1.165) is 22.6 Å². The molecule has 1 amide bonds. The quantitative estimate of drug-likeness (QED) is 0.418. The van der Waals surface area contributed by atoms with E-state index >= 15 is 0 Å². The predicted octanol–water partition coefficient (Wildman–Crippen LogP) is 5.10. The highest BCUT2D eigenvalue weighted by molar-refractivity contribution is 8.26. The minimum atomic E-state index is -0.0455. The Balaban J connectivity index is 2.01. The number of carbonyl (C=O) groups is 1. The number of rotatable bonds is 4. The largest absolute Gasteiger partial charge is 0.318 e. The zero-order valence-corrected chi connectivity index (χ0v) is 17.1. The van der Waals surface area contributed by atoms with Gasteiger partial charge < -0.3 is 4.57 Å². The van der Waals surface area contributed by atoms with Crippen molar-refractivity contribution in [2.24, 2.45) is 0 Å². The van der Waals surface area contributed by atoms with Crippen LogP contribution < -0.4 is 0 Å². The molecule has 1 aliphatic heterocycles. The van der Waals surface area contributed by atoms with E-state index in [1.54, 1.807) is 11.0 Å². The fourth-order valence-electron chi connectivity index (χ4n) is 3.12. The molecule has 0 N–H and O–H groups in total. The summed E-state index contributed by atoms with van der Waals surface area (Å²) in [5.41, 5.74) is 6.98. The molecule has 0 unspecified atom stereocenters. The molecule has 0 atom stereocenters. The zero-order chi connectivity index (χ0) is 19.0. The Labute approximate surface area is 164 Å². The molecule has 134 valence electrons. The van der Waals surface area contributed by atoms with Crippen LogP contribution in [0.2, 0.25) is 0 Å². The van der Waals surface area contributed by atoms with E-state index in [-0.39, 0.29) is 5.91 Å². The first-order chi connectivity index (χ1) is 12.3. The summed E-state index contributed by atoms with van der Waals surface area (Å²) in [6, 6.07) is 8.59. The van der Waals surface area contributed by atoms with Crippen molar-refractivity contribution in [3.8, 4) is 5.69 Å². The summed E-state index contributed by atoms with van der Waals surface area (Å²) in [6.07, 6.45) is 3.64. The Morgan fingerprint density at radius 3 is 2.54 bits per heavy atom. The summed E-state index contributed by atoms with van der Waals surface area (Å²) in [5.74, 6) is -0.0455. The third-order valence-corrected chi connectivity index (χ3v) is 6.07. The van der Waals surface area contributed by atoms with E-state index in [0.29, 0.717) is 15.8 Å². The van der Waals surface area contributed by atoms with Gasteiger partial charge in [-0.05, 0) is 68.7 Å². The Morgan fingerprint density at radius 2 is 1.88 bits per heavy atom. The Bertz CT molecular complexity index is 953. The summed E-state index contributed by atoms with van der Waals surface area (Å²) in [5, 5.41) is 0. The lowest BCUT2D eigenvalue weighted by molar-refractivity contribution is -0.121. The lowest BCUT2D eigenvalue weighted by Crippen LogP contribution is -2.27. The normalized spacial score (nSPS) is 16.0. The molecule has 3 nitrogen and oxygen atoms in total.